The number of carbonyl (C=O) groups is 2. The molecule has 0 aliphatic rings. The average Bonchev–Trinajstić information content (AvgIpc) is 2.58. The fourth-order valence-electron chi connectivity index (χ4n) is 2.69. The maximum Gasteiger partial charge on any atom is 0.411 e. The molecule has 0 fully saturated rings. The Kier molecular flexibility index (Phi) is 8.36. The maximum atomic E-state index is 13.0. The Morgan fingerprint density at radius 1 is 1.19 bits per heavy atom. The zero-order valence-electron chi connectivity index (χ0n) is 16.7. The summed E-state index contributed by atoms with van der Waals surface area (Å²) in [7, 11) is 1.35. The molecule has 0 aliphatic carbocycles. The van der Waals surface area contributed by atoms with Crippen molar-refractivity contribution in [3.05, 3.63) is 48.0 Å². The highest BCUT2D eigenvalue weighted by molar-refractivity contribution is 5.73. The fourth-order valence-corrected chi connectivity index (χ4v) is 2.69. The first-order chi connectivity index (χ1) is 12.2. The third kappa shape index (κ3) is 6.90. The van der Waals surface area contributed by atoms with E-state index >= 15 is 0 Å². The Bertz CT molecular complexity index is 604. The van der Waals surface area contributed by atoms with Crippen molar-refractivity contribution >= 4 is 12.1 Å². The number of nitrogens with zero attached hydrogens (tertiary/aromatic N) is 1. The van der Waals surface area contributed by atoms with Crippen LogP contribution < -0.4 is 0 Å². The lowest BCUT2D eigenvalue weighted by Crippen LogP contribution is -2.45. The summed E-state index contributed by atoms with van der Waals surface area (Å²) in [6.45, 7) is 9.35. The van der Waals surface area contributed by atoms with Crippen LogP contribution in [0.1, 0.15) is 59.1 Å². The molecule has 0 saturated heterocycles. The van der Waals surface area contributed by atoms with Gasteiger partial charge in [-0.1, -0.05) is 42.5 Å². The number of hydrogen-bond donors (Lipinski definition) is 0. The van der Waals surface area contributed by atoms with Crippen molar-refractivity contribution in [2.75, 3.05) is 7.11 Å². The van der Waals surface area contributed by atoms with Gasteiger partial charge < -0.3 is 9.47 Å². The molecule has 1 rings (SSSR count). The Balaban J connectivity index is 3.24. The summed E-state index contributed by atoms with van der Waals surface area (Å²) in [6.07, 6.45) is 4.07. The molecule has 0 N–H and O–H groups in total. The van der Waals surface area contributed by atoms with Gasteiger partial charge in [0.25, 0.3) is 0 Å². The van der Waals surface area contributed by atoms with Crippen molar-refractivity contribution in [3.63, 3.8) is 0 Å². The van der Waals surface area contributed by atoms with Crippen molar-refractivity contribution in [2.24, 2.45) is 0 Å². The summed E-state index contributed by atoms with van der Waals surface area (Å²) in [5, 5.41) is 0. The summed E-state index contributed by atoms with van der Waals surface area (Å²) in [5.74, 6) is -0.353. The van der Waals surface area contributed by atoms with E-state index in [1.54, 1.807) is 4.90 Å². The van der Waals surface area contributed by atoms with Crippen LogP contribution in [-0.2, 0) is 14.3 Å². The van der Waals surface area contributed by atoms with Crippen molar-refractivity contribution < 1.29 is 19.1 Å². The van der Waals surface area contributed by atoms with Crippen molar-refractivity contribution in [1.29, 1.82) is 0 Å². The van der Waals surface area contributed by atoms with Gasteiger partial charge in [0.05, 0.1) is 19.6 Å². The van der Waals surface area contributed by atoms with Crippen LogP contribution in [0, 0.1) is 0 Å². The van der Waals surface area contributed by atoms with Crippen LogP contribution in [0.15, 0.2) is 42.5 Å². The lowest BCUT2D eigenvalue weighted by molar-refractivity contribution is -0.142. The molecule has 0 heterocycles. The minimum atomic E-state index is -0.623. The number of esters is 1. The van der Waals surface area contributed by atoms with Crippen molar-refractivity contribution in [2.45, 2.75) is 65.1 Å². The topological polar surface area (TPSA) is 55.8 Å². The van der Waals surface area contributed by atoms with E-state index in [1.165, 1.54) is 7.11 Å². The lowest BCUT2D eigenvalue weighted by Gasteiger charge is -2.37. The standard InChI is InChI=1S/C21H31NO4/c1-7-8-14-18(15-19(23)25-6)22(20(24)26-21(3,4)5)16(2)17-12-10-9-11-13-17/h7-13,16,18H,14-15H2,1-6H3/b8-7+/t16-,18-/m1/s1. The molecule has 0 aromatic heterocycles. The van der Waals surface area contributed by atoms with Gasteiger partial charge in [-0.25, -0.2) is 4.79 Å². The van der Waals surface area contributed by atoms with Crippen molar-refractivity contribution in [3.8, 4) is 0 Å². The molecule has 0 aliphatic heterocycles. The second kappa shape index (κ2) is 10.00. The van der Waals surface area contributed by atoms with Gasteiger partial charge in [0.15, 0.2) is 0 Å². The maximum absolute atomic E-state index is 13.0. The second-order valence-corrected chi connectivity index (χ2v) is 7.21. The zero-order chi connectivity index (χ0) is 19.7. The highest BCUT2D eigenvalue weighted by Crippen LogP contribution is 2.28. The van der Waals surface area contributed by atoms with E-state index in [4.69, 9.17) is 9.47 Å². The quantitative estimate of drug-likeness (QED) is 0.513. The van der Waals surface area contributed by atoms with Gasteiger partial charge in [-0.2, -0.15) is 0 Å². The van der Waals surface area contributed by atoms with Crippen molar-refractivity contribution in [1.82, 2.24) is 4.90 Å². The smallest absolute Gasteiger partial charge is 0.411 e. The summed E-state index contributed by atoms with van der Waals surface area (Å²) < 4.78 is 10.5. The predicted octanol–water partition coefficient (Wildman–Crippen LogP) is 4.88. The van der Waals surface area contributed by atoms with Gasteiger partial charge in [0, 0.05) is 6.04 Å². The normalized spacial score (nSPS) is 13.9. The number of amides is 1. The molecule has 5 nitrogen and oxygen atoms in total. The van der Waals surface area contributed by atoms with E-state index in [0.717, 1.165) is 5.56 Å². The molecular weight excluding hydrogens is 330 g/mol. The average molecular weight is 361 g/mol. The van der Waals surface area contributed by atoms with Crippen LogP contribution in [0.25, 0.3) is 0 Å². The molecule has 1 aromatic rings. The van der Waals surface area contributed by atoms with E-state index < -0.39 is 11.7 Å². The molecule has 2 atom stereocenters. The molecule has 0 spiro atoms. The molecular formula is C21H31NO4. The van der Waals surface area contributed by atoms with Gasteiger partial charge in [-0.15, -0.1) is 0 Å². The molecule has 26 heavy (non-hydrogen) atoms. The predicted molar refractivity (Wildman–Crippen MR) is 103 cm³/mol. The van der Waals surface area contributed by atoms with Gasteiger partial charge in [-0.05, 0) is 46.6 Å². The number of benzene rings is 1. The minimum absolute atomic E-state index is 0.108. The SMILES string of the molecule is C/C=C/C[C@H](CC(=O)OC)N(C(=O)OC(C)(C)C)[C@H](C)c1ccccc1. The first-order valence-corrected chi connectivity index (χ1v) is 8.93. The molecule has 0 bridgehead atoms. The lowest BCUT2D eigenvalue weighted by atomic mass is 10.0. The van der Waals surface area contributed by atoms with E-state index in [2.05, 4.69) is 0 Å². The summed E-state index contributed by atoms with van der Waals surface area (Å²) >= 11 is 0. The number of ether oxygens (including phenoxy) is 2. The van der Waals surface area contributed by atoms with Gasteiger partial charge in [0.1, 0.15) is 5.60 Å². The largest absolute Gasteiger partial charge is 0.469 e. The first-order valence-electron chi connectivity index (χ1n) is 8.93. The number of allylic oxidation sites excluding steroid dienone is 1. The second-order valence-electron chi connectivity index (χ2n) is 7.21. The molecule has 5 heteroatoms. The van der Waals surface area contributed by atoms with E-state index in [-0.39, 0.29) is 24.5 Å². The van der Waals surface area contributed by atoms with Gasteiger partial charge in [-0.3, -0.25) is 9.69 Å². The minimum Gasteiger partial charge on any atom is -0.469 e. The third-order valence-electron chi connectivity index (χ3n) is 3.97. The Morgan fingerprint density at radius 2 is 1.81 bits per heavy atom. The molecule has 144 valence electrons. The van der Waals surface area contributed by atoms with Crippen LogP contribution >= 0.6 is 0 Å². The monoisotopic (exact) mass is 361 g/mol. The Morgan fingerprint density at radius 3 is 2.31 bits per heavy atom. The Labute approximate surface area is 157 Å². The number of rotatable bonds is 7. The summed E-state index contributed by atoms with van der Waals surface area (Å²) in [4.78, 5) is 26.6. The zero-order valence-corrected chi connectivity index (χ0v) is 16.7. The van der Waals surface area contributed by atoms with Crippen LogP contribution in [0.3, 0.4) is 0 Å². The Hall–Kier alpha value is -2.30. The number of methoxy groups -OCH3 is 1. The van der Waals surface area contributed by atoms with Crippen LogP contribution in [0.2, 0.25) is 0 Å². The highest BCUT2D eigenvalue weighted by atomic mass is 16.6. The van der Waals surface area contributed by atoms with Gasteiger partial charge in [0.2, 0.25) is 0 Å². The van der Waals surface area contributed by atoms with Crippen LogP contribution in [-0.4, -0.2) is 35.7 Å². The number of hydrogen-bond acceptors (Lipinski definition) is 4. The van der Waals surface area contributed by atoms with E-state index in [0.29, 0.717) is 6.42 Å². The third-order valence-corrected chi connectivity index (χ3v) is 3.97. The molecule has 0 radical (unpaired) electrons. The highest BCUT2D eigenvalue weighted by Gasteiger charge is 2.33. The molecule has 0 saturated carbocycles. The first kappa shape index (κ1) is 21.7. The molecule has 1 aromatic carbocycles. The van der Waals surface area contributed by atoms with E-state index in [1.807, 2.05) is 77.1 Å². The number of carbonyl (C=O) groups excluding carboxylic acids is 2. The van der Waals surface area contributed by atoms with Crippen LogP contribution in [0.4, 0.5) is 4.79 Å². The molecule has 1 amide bonds. The fraction of sp³-hybridized carbons (Fsp3) is 0.524. The van der Waals surface area contributed by atoms with E-state index in [9.17, 15) is 9.59 Å². The molecule has 0 unspecified atom stereocenters. The summed E-state index contributed by atoms with van der Waals surface area (Å²) in [5.41, 5.74) is 0.357. The van der Waals surface area contributed by atoms with Crippen LogP contribution in [0.5, 0.6) is 0 Å². The van der Waals surface area contributed by atoms with Gasteiger partial charge >= 0.3 is 12.1 Å². The summed E-state index contributed by atoms with van der Waals surface area (Å²) in [6, 6.07) is 9.12.